The minimum atomic E-state index is -2.65. The van der Waals surface area contributed by atoms with Crippen LogP contribution >= 0.6 is 11.8 Å². The number of hydrogen-bond acceptors (Lipinski definition) is 22. The minimum Gasteiger partial charge on any atom is -0.491 e. The maximum absolute atomic E-state index is 11.0. The second-order valence-electron chi connectivity index (χ2n) is 30.6. The van der Waals surface area contributed by atoms with E-state index >= 15 is 0 Å². The van der Waals surface area contributed by atoms with Crippen LogP contribution in [0.3, 0.4) is 0 Å². The summed E-state index contributed by atoms with van der Waals surface area (Å²) >= 11 is 1.77. The Labute approximate surface area is 771 Å². The summed E-state index contributed by atoms with van der Waals surface area (Å²) in [6.45, 7) is 78.4. The molecule has 0 amide bonds. The third kappa shape index (κ3) is 119. The smallest absolute Gasteiger partial charge is 0.322 e. The number of aliphatic hydroxyl groups excluding tert-OH is 3. The lowest BCUT2D eigenvalue weighted by molar-refractivity contribution is -0.146. The quantitative estimate of drug-likeness (QED) is 0.0407. The van der Waals surface area contributed by atoms with E-state index in [1.807, 2.05) is 99.8 Å². The predicted molar refractivity (Wildman–Crippen MR) is 576 cm³/mol. The molecule has 0 fully saturated rings. The molecule has 21 nitrogen and oxygen atoms in total. The molecule has 0 aliphatic rings. The molecule has 0 saturated carbocycles. The first-order valence-corrected chi connectivity index (χ1v) is 73.1. The van der Waals surface area contributed by atoms with E-state index in [1.54, 1.807) is 33.1 Å². The Morgan fingerprint density at radius 3 is 0.908 bits per heavy atom. The minimum absolute atomic E-state index is 0. The number of aryl methyl sites for hydroxylation is 1. The normalized spacial score (nSPS) is 11.9. The summed E-state index contributed by atoms with van der Waals surface area (Å²) in [5.41, 5.74) is 1.24. The van der Waals surface area contributed by atoms with Crippen molar-refractivity contribution >= 4 is 120 Å². The number of rotatable bonds is 45. The second kappa shape index (κ2) is 93.4. The standard InChI is InChI=1S/C22H66O10Si10.C14H22O2.C8H20O3Si.C8H16O2S.C6H14O2.C5H14OSi.C4H10O.18CH4/c1-23-34(5,6)25-36(9,10)27-38(13,14)29-40(17,18)31-42(21,22)32-41(19,20)30-39(15,16)28-37(11,12)26-35(7,8)24-33(2,3)4;1-3-5-8-12-9-6-7-10-14(12)16-11-13(15)4-2;1-5-8(9)6-11-7-12(3,4)10-2;1-4-10-8(9)7(3)6-11-5-2;1-3-6(7)5-8-4-2;1-5-7(3,4)6-2;1-3-5-4-2;;;;;;;;;;;;;;;;;;/h1-22H3;6-7,9-10,13,15H,3-5,8,11H2,1-2H3;8-9H,5-7H2,1-4H3;7H,4-6H2,1-3H3;6-7H,3-5H2,1-2H3;5H2,1-4H3;3-4H2,1-2H3;18*1H4. The molecule has 0 radical (unpaired) electrons. The van der Waals surface area contributed by atoms with Gasteiger partial charge in [0.1, 0.15) is 12.4 Å². The van der Waals surface area contributed by atoms with Gasteiger partial charge in [-0.25, -0.2) is 0 Å². The molecule has 0 spiro atoms. The van der Waals surface area contributed by atoms with Crippen LogP contribution in [0.25, 0.3) is 0 Å². The van der Waals surface area contributed by atoms with E-state index in [4.69, 9.17) is 79.1 Å². The molecule has 0 aliphatic carbocycles. The third-order valence-electron chi connectivity index (χ3n) is 13.5. The molecule has 1 aromatic carbocycles. The van der Waals surface area contributed by atoms with Crippen LogP contribution < -0.4 is 4.74 Å². The Bertz CT molecular complexity index is 2170. The van der Waals surface area contributed by atoms with Gasteiger partial charge in [-0.1, -0.05) is 207 Å². The maximum atomic E-state index is 11.0. The Morgan fingerprint density at radius 1 is 0.370 bits per heavy atom. The Kier molecular flexibility index (Phi) is 145. The van der Waals surface area contributed by atoms with Gasteiger partial charge in [-0.05, 0) is 247 Å². The fraction of sp³-hybridized carbons (Fsp3) is 0.918. The highest BCUT2D eigenvalue weighted by molar-refractivity contribution is 7.99. The van der Waals surface area contributed by atoms with Crippen LogP contribution in [0.5, 0.6) is 5.75 Å². The zero-order valence-corrected chi connectivity index (χ0v) is 85.1. The van der Waals surface area contributed by atoms with E-state index in [0.717, 1.165) is 56.2 Å². The van der Waals surface area contributed by atoms with Gasteiger partial charge in [0.05, 0.1) is 50.3 Å². The van der Waals surface area contributed by atoms with Gasteiger partial charge >= 0.3 is 83.0 Å². The molecular weight excluding hydrogens is 1730 g/mol. The topological polar surface area (TPSA) is 235 Å². The van der Waals surface area contributed by atoms with Crippen molar-refractivity contribution in [3.05, 3.63) is 29.8 Å². The SMILES string of the molecule is C.C.C.C.C.C.C.C.C.C.C.C.C.C.C.C.C.C.CCC(O)COC[Si](C)(C)OC.CCCCc1ccccc1OCC(O)CC.CCOC(=O)C(C)CSCC.CCOCC.CCOCC(O)CC.CC[Si](C)(C)OC.CO[Si](C)(C)O[Si](C)(C)O[Si](C)(C)O[Si](C)(C)O[Si](C)(C)O[Si](C)(C)O[Si](C)(C)O[Si](C)(C)O[Si](C)(C)O[Si](C)(C)C. The van der Waals surface area contributed by atoms with Crippen molar-refractivity contribution in [2.24, 2.45) is 5.92 Å². The molecule has 0 aromatic heterocycles. The summed E-state index contributed by atoms with van der Waals surface area (Å²) in [5.74, 6) is 2.82. The van der Waals surface area contributed by atoms with E-state index in [0.29, 0.717) is 39.3 Å². The highest BCUT2D eigenvalue weighted by Crippen LogP contribution is 2.31. The molecule has 1 rings (SSSR count). The molecule has 0 aliphatic heterocycles. The van der Waals surface area contributed by atoms with Crippen LogP contribution in [0, 0.1) is 5.92 Å². The molecule has 34 heteroatoms. The molecular formula is C85H234O21SSi12. The van der Waals surface area contributed by atoms with Crippen LogP contribution in [0.15, 0.2) is 24.3 Å². The molecule has 0 heterocycles. The average molecular weight is 1960 g/mol. The highest BCUT2D eigenvalue weighted by atomic mass is 32.2. The molecule has 3 N–H and O–H groups in total. The third-order valence-corrected chi connectivity index (χ3v) is 56.3. The molecule has 4 atom stereocenters. The lowest BCUT2D eigenvalue weighted by atomic mass is 10.1. The van der Waals surface area contributed by atoms with E-state index in [9.17, 15) is 15.0 Å². The van der Waals surface area contributed by atoms with E-state index < -0.39 is 102 Å². The van der Waals surface area contributed by atoms with Crippen LogP contribution in [0.1, 0.15) is 248 Å². The number of unbranched alkanes of at least 4 members (excludes halogenated alkanes) is 1. The van der Waals surface area contributed by atoms with Gasteiger partial charge in [0, 0.05) is 46.9 Å². The Hall–Kier alpha value is 0.723. The first-order chi connectivity index (χ1) is 45.8. The number of carbonyl (C=O) groups is 1. The number of hydrogen-bond donors (Lipinski definition) is 3. The van der Waals surface area contributed by atoms with Crippen molar-refractivity contribution in [1.82, 2.24) is 0 Å². The Morgan fingerprint density at radius 2 is 0.664 bits per heavy atom. The molecule has 0 saturated heterocycles. The van der Waals surface area contributed by atoms with Crippen LogP contribution in [0.4, 0.5) is 0 Å². The first kappa shape index (κ1) is 184. The van der Waals surface area contributed by atoms with E-state index in [-0.39, 0.29) is 164 Å². The van der Waals surface area contributed by atoms with Gasteiger partial charge in [-0.15, -0.1) is 0 Å². The number of aliphatic hydroxyl groups is 3. The van der Waals surface area contributed by atoms with E-state index in [1.165, 1.54) is 24.4 Å². The molecule has 754 valence electrons. The highest BCUT2D eigenvalue weighted by Gasteiger charge is 2.50. The van der Waals surface area contributed by atoms with Gasteiger partial charge in [-0.3, -0.25) is 4.79 Å². The summed E-state index contributed by atoms with van der Waals surface area (Å²) in [5, 5.41) is 27.5. The molecule has 4 unspecified atom stereocenters. The first-order valence-electron chi connectivity index (χ1n) is 37.0. The number of esters is 1. The summed E-state index contributed by atoms with van der Waals surface area (Å²) in [6, 6.07) is 9.30. The van der Waals surface area contributed by atoms with Crippen LogP contribution in [0.2, 0.25) is 170 Å². The van der Waals surface area contributed by atoms with Crippen molar-refractivity contribution in [2.75, 3.05) is 85.3 Å². The number of carbonyl (C=O) groups excluding carboxylic acids is 1. The van der Waals surface area contributed by atoms with Gasteiger partial charge < -0.3 is 89.3 Å². The summed E-state index contributed by atoms with van der Waals surface area (Å²) < 4.78 is 101. The largest absolute Gasteiger partial charge is 0.491 e. The van der Waals surface area contributed by atoms with Crippen molar-refractivity contribution in [2.45, 2.75) is 436 Å². The number of thioether (sulfide) groups is 1. The summed E-state index contributed by atoms with van der Waals surface area (Å²) in [6.07, 6.45) is 5.37. The van der Waals surface area contributed by atoms with Crippen molar-refractivity contribution < 1.29 is 94.1 Å². The Balaban J connectivity index is -0.0000000447. The van der Waals surface area contributed by atoms with Gasteiger partial charge in [-0.2, -0.15) is 11.8 Å². The zero-order chi connectivity index (χ0) is 80.6. The lowest BCUT2D eigenvalue weighted by Gasteiger charge is -2.44. The van der Waals surface area contributed by atoms with Crippen molar-refractivity contribution in [1.29, 1.82) is 0 Å². The molecule has 119 heavy (non-hydrogen) atoms. The van der Waals surface area contributed by atoms with E-state index in [2.05, 4.69) is 164 Å². The number of para-hydroxylation sites is 1. The van der Waals surface area contributed by atoms with Crippen molar-refractivity contribution in [3.8, 4) is 5.75 Å². The number of ether oxygens (including phenoxy) is 5. The second-order valence-corrected chi connectivity index (χ2v) is 77.9. The fourth-order valence-corrected chi connectivity index (χ4v) is 59.4. The average Bonchev–Trinajstić information content (AvgIpc) is 0.803. The zero-order valence-electron chi connectivity index (χ0n) is 72.2. The molecule has 1 aromatic rings. The number of benzene rings is 1. The fourth-order valence-electron chi connectivity index (χ4n) is 9.19. The van der Waals surface area contributed by atoms with Crippen molar-refractivity contribution in [3.63, 3.8) is 0 Å². The summed E-state index contributed by atoms with van der Waals surface area (Å²) in [7, 11) is -22.0. The van der Waals surface area contributed by atoms with Gasteiger partial charge in [0.2, 0.25) is 8.32 Å². The molecule has 0 bridgehead atoms. The van der Waals surface area contributed by atoms with Crippen LogP contribution in [-0.2, 0) is 80.5 Å². The van der Waals surface area contributed by atoms with Crippen LogP contribution in [-0.4, -0.2) is 227 Å². The summed E-state index contributed by atoms with van der Waals surface area (Å²) in [4.78, 5) is 11.0. The van der Waals surface area contributed by atoms with Gasteiger partial charge in [0.25, 0.3) is 0 Å². The predicted octanol–water partition coefficient (Wildman–Crippen LogP) is 29.4. The maximum Gasteiger partial charge on any atom is 0.322 e. The lowest BCUT2D eigenvalue weighted by Crippen LogP contribution is -2.62. The monoisotopic (exact) mass is 1960 g/mol. The van der Waals surface area contributed by atoms with Gasteiger partial charge in [0.15, 0.2) is 16.6 Å².